The van der Waals surface area contributed by atoms with Crippen molar-refractivity contribution in [2.24, 2.45) is 0 Å². The van der Waals surface area contributed by atoms with E-state index in [-0.39, 0.29) is 23.3 Å². The minimum absolute atomic E-state index is 0.0132. The van der Waals surface area contributed by atoms with Gasteiger partial charge in [-0.05, 0) is 43.7 Å². The van der Waals surface area contributed by atoms with Crippen molar-refractivity contribution in [2.45, 2.75) is 19.9 Å². The summed E-state index contributed by atoms with van der Waals surface area (Å²) < 4.78 is 1.91. The maximum absolute atomic E-state index is 12.4. The van der Waals surface area contributed by atoms with Crippen molar-refractivity contribution in [3.8, 4) is 11.4 Å². The van der Waals surface area contributed by atoms with Crippen LogP contribution in [0.1, 0.15) is 34.5 Å². The Kier molecular flexibility index (Phi) is 4.33. The SMILES string of the molecule is Cc1ccc(O)c(C(=O)NC(C)c2ccc(-n3ccnc3)cc2)c1. The minimum Gasteiger partial charge on any atom is -0.507 e. The molecule has 0 saturated carbocycles. The molecule has 0 bridgehead atoms. The van der Waals surface area contributed by atoms with Crippen LogP contribution in [0.15, 0.2) is 61.2 Å². The predicted octanol–water partition coefficient (Wildman–Crippen LogP) is 3.38. The van der Waals surface area contributed by atoms with Gasteiger partial charge < -0.3 is 15.0 Å². The lowest BCUT2D eigenvalue weighted by Gasteiger charge is -2.16. The molecule has 1 atom stereocenters. The molecule has 0 spiro atoms. The van der Waals surface area contributed by atoms with E-state index in [1.54, 1.807) is 24.7 Å². The third-order valence-electron chi connectivity index (χ3n) is 3.94. The van der Waals surface area contributed by atoms with Crippen molar-refractivity contribution in [1.82, 2.24) is 14.9 Å². The van der Waals surface area contributed by atoms with E-state index < -0.39 is 0 Å². The molecule has 0 aliphatic rings. The fraction of sp³-hybridized carbons (Fsp3) is 0.158. The zero-order chi connectivity index (χ0) is 17.1. The molecule has 2 aromatic carbocycles. The second-order valence-corrected chi connectivity index (χ2v) is 5.78. The monoisotopic (exact) mass is 321 g/mol. The molecular weight excluding hydrogens is 302 g/mol. The number of aromatic hydroxyl groups is 1. The first-order valence-electron chi connectivity index (χ1n) is 7.73. The topological polar surface area (TPSA) is 67.2 Å². The highest BCUT2D eigenvalue weighted by molar-refractivity contribution is 5.97. The van der Waals surface area contributed by atoms with Gasteiger partial charge in [-0.1, -0.05) is 23.8 Å². The van der Waals surface area contributed by atoms with Gasteiger partial charge in [0.2, 0.25) is 0 Å². The van der Waals surface area contributed by atoms with Crippen molar-refractivity contribution in [1.29, 1.82) is 0 Å². The lowest BCUT2D eigenvalue weighted by molar-refractivity contribution is 0.0937. The summed E-state index contributed by atoms with van der Waals surface area (Å²) in [6.07, 6.45) is 5.34. The summed E-state index contributed by atoms with van der Waals surface area (Å²) in [4.78, 5) is 16.4. The van der Waals surface area contributed by atoms with Crippen LogP contribution in [0, 0.1) is 6.92 Å². The maximum Gasteiger partial charge on any atom is 0.255 e. The molecule has 0 aliphatic carbocycles. The fourth-order valence-corrected chi connectivity index (χ4v) is 2.54. The van der Waals surface area contributed by atoms with E-state index in [0.717, 1.165) is 16.8 Å². The number of amides is 1. The zero-order valence-corrected chi connectivity index (χ0v) is 13.6. The summed E-state index contributed by atoms with van der Waals surface area (Å²) in [7, 11) is 0. The van der Waals surface area contributed by atoms with Gasteiger partial charge in [0.05, 0.1) is 17.9 Å². The summed E-state index contributed by atoms with van der Waals surface area (Å²) in [6, 6.07) is 12.7. The van der Waals surface area contributed by atoms with Crippen LogP contribution in [0.2, 0.25) is 0 Å². The Morgan fingerprint density at radius 2 is 1.96 bits per heavy atom. The largest absolute Gasteiger partial charge is 0.507 e. The Morgan fingerprint density at radius 1 is 1.21 bits per heavy atom. The molecular formula is C19H19N3O2. The van der Waals surface area contributed by atoms with Crippen molar-refractivity contribution in [3.05, 3.63) is 77.9 Å². The van der Waals surface area contributed by atoms with Crippen LogP contribution in [-0.2, 0) is 0 Å². The molecule has 0 fully saturated rings. The summed E-state index contributed by atoms with van der Waals surface area (Å²) in [5.41, 5.74) is 3.21. The number of hydrogen-bond acceptors (Lipinski definition) is 3. The number of carbonyl (C=O) groups excluding carboxylic acids is 1. The van der Waals surface area contributed by atoms with E-state index >= 15 is 0 Å². The van der Waals surface area contributed by atoms with Gasteiger partial charge in [-0.15, -0.1) is 0 Å². The van der Waals surface area contributed by atoms with Gasteiger partial charge in [0.15, 0.2) is 0 Å². The molecule has 0 saturated heterocycles. The van der Waals surface area contributed by atoms with Crippen molar-refractivity contribution < 1.29 is 9.90 Å². The van der Waals surface area contributed by atoms with Crippen LogP contribution >= 0.6 is 0 Å². The Labute approximate surface area is 140 Å². The van der Waals surface area contributed by atoms with Crippen molar-refractivity contribution in [3.63, 3.8) is 0 Å². The predicted molar refractivity (Wildman–Crippen MR) is 92.3 cm³/mol. The number of phenols is 1. The number of hydrogen-bond donors (Lipinski definition) is 2. The Balaban J connectivity index is 1.73. The molecule has 1 amide bonds. The molecule has 1 heterocycles. The van der Waals surface area contributed by atoms with Gasteiger partial charge in [0, 0.05) is 18.1 Å². The number of imidazole rings is 1. The maximum atomic E-state index is 12.4. The van der Waals surface area contributed by atoms with E-state index in [9.17, 15) is 9.90 Å². The van der Waals surface area contributed by atoms with E-state index in [2.05, 4.69) is 10.3 Å². The molecule has 1 aromatic heterocycles. The van der Waals surface area contributed by atoms with E-state index in [4.69, 9.17) is 0 Å². The molecule has 3 rings (SSSR count). The zero-order valence-electron chi connectivity index (χ0n) is 13.6. The average molecular weight is 321 g/mol. The molecule has 5 nitrogen and oxygen atoms in total. The lowest BCUT2D eigenvalue weighted by Crippen LogP contribution is -2.26. The molecule has 1 unspecified atom stereocenters. The Hall–Kier alpha value is -3.08. The van der Waals surface area contributed by atoms with Crippen LogP contribution in [0.5, 0.6) is 5.75 Å². The summed E-state index contributed by atoms with van der Waals surface area (Å²) >= 11 is 0. The highest BCUT2D eigenvalue weighted by Crippen LogP contribution is 2.20. The van der Waals surface area contributed by atoms with Gasteiger partial charge in [-0.3, -0.25) is 4.79 Å². The van der Waals surface area contributed by atoms with Crippen LogP contribution in [0.3, 0.4) is 0 Å². The summed E-state index contributed by atoms with van der Waals surface area (Å²) in [5, 5.41) is 12.8. The van der Waals surface area contributed by atoms with Crippen molar-refractivity contribution >= 4 is 5.91 Å². The minimum atomic E-state index is -0.289. The molecule has 0 aliphatic heterocycles. The molecule has 3 aromatic rings. The molecule has 2 N–H and O–H groups in total. The number of aromatic nitrogens is 2. The Morgan fingerprint density at radius 3 is 2.62 bits per heavy atom. The molecule has 0 radical (unpaired) electrons. The lowest BCUT2D eigenvalue weighted by atomic mass is 10.1. The van der Waals surface area contributed by atoms with Gasteiger partial charge in [0.1, 0.15) is 5.75 Å². The van der Waals surface area contributed by atoms with Crippen molar-refractivity contribution in [2.75, 3.05) is 0 Å². The van der Waals surface area contributed by atoms with Gasteiger partial charge in [0.25, 0.3) is 5.91 Å². The quantitative estimate of drug-likeness (QED) is 0.774. The van der Waals surface area contributed by atoms with E-state index in [1.807, 2.05) is 48.9 Å². The number of carbonyl (C=O) groups is 1. The number of rotatable bonds is 4. The smallest absolute Gasteiger partial charge is 0.255 e. The van der Waals surface area contributed by atoms with Crippen LogP contribution in [0.25, 0.3) is 5.69 Å². The first-order chi connectivity index (χ1) is 11.5. The number of nitrogens with zero attached hydrogens (tertiary/aromatic N) is 2. The fourth-order valence-electron chi connectivity index (χ4n) is 2.54. The van der Waals surface area contributed by atoms with E-state index in [0.29, 0.717) is 0 Å². The standard InChI is InChI=1S/C19H19N3O2/c1-13-3-8-18(23)17(11-13)19(24)21-14(2)15-4-6-16(7-5-15)22-10-9-20-12-22/h3-12,14,23H,1-2H3,(H,21,24). The summed E-state index contributed by atoms with van der Waals surface area (Å²) in [5.74, 6) is -0.303. The van der Waals surface area contributed by atoms with Gasteiger partial charge in [-0.2, -0.15) is 0 Å². The first kappa shape index (κ1) is 15.8. The third-order valence-corrected chi connectivity index (χ3v) is 3.94. The highest BCUT2D eigenvalue weighted by atomic mass is 16.3. The number of aryl methyl sites for hydroxylation is 1. The van der Waals surface area contributed by atoms with Gasteiger partial charge in [-0.25, -0.2) is 4.98 Å². The summed E-state index contributed by atoms with van der Waals surface area (Å²) in [6.45, 7) is 3.80. The highest BCUT2D eigenvalue weighted by Gasteiger charge is 2.15. The van der Waals surface area contributed by atoms with Crippen LogP contribution < -0.4 is 5.32 Å². The number of benzene rings is 2. The van der Waals surface area contributed by atoms with Crippen LogP contribution in [-0.4, -0.2) is 20.6 Å². The van der Waals surface area contributed by atoms with E-state index in [1.165, 1.54) is 6.07 Å². The van der Waals surface area contributed by atoms with Crippen LogP contribution in [0.4, 0.5) is 0 Å². The van der Waals surface area contributed by atoms with Gasteiger partial charge >= 0.3 is 0 Å². The first-order valence-corrected chi connectivity index (χ1v) is 7.73. The Bertz CT molecular complexity index is 840. The average Bonchev–Trinajstić information content (AvgIpc) is 3.11. The normalized spacial score (nSPS) is 11.9. The second kappa shape index (κ2) is 6.58. The third kappa shape index (κ3) is 3.30. The molecule has 24 heavy (non-hydrogen) atoms. The number of nitrogens with one attached hydrogen (secondary N) is 1. The molecule has 5 heteroatoms. The second-order valence-electron chi connectivity index (χ2n) is 5.78. The molecule has 122 valence electrons. The number of phenolic OH excluding ortho intramolecular Hbond substituents is 1.